The Kier molecular flexibility index (Phi) is 3.81. The minimum Gasteiger partial charge on any atom is -0.497 e. The topological polar surface area (TPSA) is 44.1 Å². The number of benzene rings is 2. The molecule has 1 heterocycles. The van der Waals surface area contributed by atoms with Crippen LogP contribution in [0.15, 0.2) is 41.2 Å². The fraction of sp³-hybridized carbons (Fsp3) is 0.125. The Morgan fingerprint density at radius 1 is 1.09 bits per heavy atom. The second-order valence-corrected chi connectivity index (χ2v) is 5.62. The lowest BCUT2D eigenvalue weighted by atomic mass is 10.1. The molecule has 3 aromatic rings. The minimum atomic E-state index is -0.198. The van der Waals surface area contributed by atoms with Gasteiger partial charge in [-0.25, -0.2) is 4.98 Å². The van der Waals surface area contributed by atoms with Gasteiger partial charge in [0.15, 0.2) is 0 Å². The minimum absolute atomic E-state index is 0.198. The number of hydrogen-bond acceptors (Lipinski definition) is 3. The first-order valence-corrected chi connectivity index (χ1v) is 7.27. The smallest absolute Gasteiger partial charge is 0.277 e. The third kappa shape index (κ3) is 2.45. The summed E-state index contributed by atoms with van der Waals surface area (Å²) in [5.41, 5.74) is 2.13. The summed E-state index contributed by atoms with van der Waals surface area (Å²) in [6.45, 7) is 0. The van der Waals surface area contributed by atoms with Crippen molar-refractivity contribution in [1.29, 1.82) is 0 Å². The summed E-state index contributed by atoms with van der Waals surface area (Å²) in [7, 11) is 3.28. The van der Waals surface area contributed by atoms with Crippen molar-refractivity contribution in [2.45, 2.75) is 0 Å². The molecule has 6 heteroatoms. The second kappa shape index (κ2) is 5.63. The molecule has 0 aliphatic heterocycles. The molecular weight excluding hydrogens is 323 g/mol. The Labute approximate surface area is 136 Å². The third-order valence-corrected chi connectivity index (χ3v) is 4.20. The molecule has 0 fully saturated rings. The molecule has 0 unspecified atom stereocenters. The zero-order chi connectivity index (χ0) is 15.9. The van der Waals surface area contributed by atoms with E-state index in [0.29, 0.717) is 26.8 Å². The van der Waals surface area contributed by atoms with Crippen molar-refractivity contribution in [1.82, 2.24) is 9.55 Å². The molecule has 112 valence electrons. The molecule has 0 atom stereocenters. The lowest BCUT2D eigenvalue weighted by molar-refractivity contribution is 0.415. The number of aromatic nitrogens is 2. The number of ether oxygens (including phenoxy) is 1. The van der Waals surface area contributed by atoms with Crippen molar-refractivity contribution in [3.8, 4) is 17.0 Å². The van der Waals surface area contributed by atoms with E-state index in [2.05, 4.69) is 4.98 Å². The van der Waals surface area contributed by atoms with Crippen molar-refractivity contribution in [3.63, 3.8) is 0 Å². The number of halogens is 2. The number of rotatable bonds is 2. The molecule has 0 spiro atoms. The summed E-state index contributed by atoms with van der Waals surface area (Å²) >= 11 is 12.1. The Morgan fingerprint density at radius 2 is 1.73 bits per heavy atom. The van der Waals surface area contributed by atoms with E-state index < -0.39 is 0 Å². The van der Waals surface area contributed by atoms with Crippen LogP contribution in [0.25, 0.3) is 22.3 Å². The lowest BCUT2D eigenvalue weighted by Crippen LogP contribution is -2.20. The largest absolute Gasteiger partial charge is 0.497 e. The number of hydrogen-bond donors (Lipinski definition) is 0. The van der Waals surface area contributed by atoms with Gasteiger partial charge >= 0.3 is 0 Å². The maximum atomic E-state index is 12.5. The first kappa shape index (κ1) is 14.9. The van der Waals surface area contributed by atoms with Crippen LogP contribution in [-0.4, -0.2) is 16.7 Å². The molecule has 0 saturated carbocycles. The van der Waals surface area contributed by atoms with E-state index in [0.717, 1.165) is 11.3 Å². The Morgan fingerprint density at radius 3 is 2.36 bits per heavy atom. The van der Waals surface area contributed by atoms with Crippen LogP contribution in [-0.2, 0) is 7.05 Å². The van der Waals surface area contributed by atoms with Crippen molar-refractivity contribution >= 4 is 34.2 Å². The average Bonchev–Trinajstić information content (AvgIpc) is 2.53. The quantitative estimate of drug-likeness (QED) is 0.713. The normalized spacial score (nSPS) is 10.9. The number of methoxy groups -OCH3 is 1. The van der Waals surface area contributed by atoms with Crippen LogP contribution < -0.4 is 10.3 Å². The van der Waals surface area contributed by atoms with E-state index in [1.54, 1.807) is 50.6 Å². The molecule has 2 aromatic carbocycles. The molecule has 0 bridgehead atoms. The van der Waals surface area contributed by atoms with Gasteiger partial charge in [0.1, 0.15) is 11.4 Å². The highest BCUT2D eigenvalue weighted by molar-refractivity contribution is 6.42. The number of nitrogens with zero attached hydrogens (tertiary/aromatic N) is 2. The van der Waals surface area contributed by atoms with Crippen LogP contribution >= 0.6 is 23.2 Å². The summed E-state index contributed by atoms with van der Waals surface area (Å²) in [6, 6.07) is 10.5. The second-order valence-electron chi connectivity index (χ2n) is 4.81. The van der Waals surface area contributed by atoms with Gasteiger partial charge in [0, 0.05) is 12.6 Å². The maximum absolute atomic E-state index is 12.5. The molecule has 0 saturated heterocycles. The Balaban J connectivity index is 2.27. The Bertz CT molecular complexity index is 918. The molecule has 0 amide bonds. The van der Waals surface area contributed by atoms with E-state index in [9.17, 15) is 4.79 Å². The summed E-state index contributed by atoms with van der Waals surface area (Å²) in [4.78, 5) is 17.0. The summed E-state index contributed by atoms with van der Waals surface area (Å²) < 4.78 is 6.64. The first-order chi connectivity index (χ1) is 10.5. The average molecular weight is 335 g/mol. The van der Waals surface area contributed by atoms with Gasteiger partial charge in [-0.1, -0.05) is 23.2 Å². The van der Waals surface area contributed by atoms with Gasteiger partial charge in [0.25, 0.3) is 5.56 Å². The highest BCUT2D eigenvalue weighted by Gasteiger charge is 2.12. The van der Waals surface area contributed by atoms with Crippen molar-refractivity contribution in [3.05, 3.63) is 56.8 Å². The van der Waals surface area contributed by atoms with E-state index in [-0.39, 0.29) is 5.56 Å². The zero-order valence-corrected chi connectivity index (χ0v) is 13.4. The van der Waals surface area contributed by atoms with Gasteiger partial charge in [-0.2, -0.15) is 0 Å². The van der Waals surface area contributed by atoms with Crippen molar-refractivity contribution in [2.24, 2.45) is 7.05 Å². The highest BCUT2D eigenvalue weighted by Crippen LogP contribution is 2.27. The fourth-order valence-electron chi connectivity index (χ4n) is 2.26. The molecule has 3 rings (SSSR count). The molecule has 0 aliphatic rings. The molecule has 0 aliphatic carbocycles. The standard InChI is InChI=1S/C16H12Cl2N2O2/c1-20-14-8-12(18)11(17)7-13(14)19-15(16(20)21)9-3-5-10(22-2)6-4-9/h3-8H,1-2H3. The summed E-state index contributed by atoms with van der Waals surface area (Å²) in [5, 5.41) is 0.796. The predicted molar refractivity (Wildman–Crippen MR) is 89.0 cm³/mol. The first-order valence-electron chi connectivity index (χ1n) is 6.51. The van der Waals surface area contributed by atoms with Gasteiger partial charge in [-0.05, 0) is 36.4 Å². The van der Waals surface area contributed by atoms with E-state index in [1.165, 1.54) is 4.57 Å². The zero-order valence-electron chi connectivity index (χ0n) is 11.9. The van der Waals surface area contributed by atoms with Gasteiger partial charge in [0.05, 0.1) is 28.2 Å². The van der Waals surface area contributed by atoms with Crippen molar-refractivity contribution < 1.29 is 4.74 Å². The van der Waals surface area contributed by atoms with Gasteiger partial charge < -0.3 is 9.30 Å². The van der Waals surface area contributed by atoms with Gasteiger partial charge in [0.2, 0.25) is 0 Å². The fourth-order valence-corrected chi connectivity index (χ4v) is 2.57. The van der Waals surface area contributed by atoms with Crippen LogP contribution in [0, 0.1) is 0 Å². The van der Waals surface area contributed by atoms with Crippen LogP contribution in [0.1, 0.15) is 0 Å². The molecular formula is C16H12Cl2N2O2. The van der Waals surface area contributed by atoms with Gasteiger partial charge in [-0.3, -0.25) is 4.79 Å². The summed E-state index contributed by atoms with van der Waals surface area (Å²) in [6.07, 6.45) is 0. The van der Waals surface area contributed by atoms with E-state index >= 15 is 0 Å². The van der Waals surface area contributed by atoms with Crippen LogP contribution in [0.2, 0.25) is 10.0 Å². The molecule has 0 radical (unpaired) electrons. The summed E-state index contributed by atoms with van der Waals surface area (Å²) in [5.74, 6) is 0.719. The third-order valence-electron chi connectivity index (χ3n) is 3.48. The van der Waals surface area contributed by atoms with Crippen LogP contribution in [0.5, 0.6) is 5.75 Å². The monoisotopic (exact) mass is 334 g/mol. The van der Waals surface area contributed by atoms with E-state index in [4.69, 9.17) is 27.9 Å². The Hall–Kier alpha value is -2.04. The highest BCUT2D eigenvalue weighted by atomic mass is 35.5. The lowest BCUT2D eigenvalue weighted by Gasteiger charge is -2.09. The SMILES string of the molecule is COc1ccc(-c2nc3cc(Cl)c(Cl)cc3n(C)c2=O)cc1. The number of fused-ring (bicyclic) bond motifs is 1. The van der Waals surface area contributed by atoms with Crippen LogP contribution in [0.4, 0.5) is 0 Å². The molecule has 0 N–H and O–H groups in total. The number of aryl methyl sites for hydroxylation is 1. The van der Waals surface area contributed by atoms with Crippen molar-refractivity contribution in [2.75, 3.05) is 7.11 Å². The predicted octanol–water partition coefficient (Wildman–Crippen LogP) is 3.92. The van der Waals surface area contributed by atoms with Crippen LogP contribution in [0.3, 0.4) is 0 Å². The van der Waals surface area contributed by atoms with Gasteiger partial charge in [-0.15, -0.1) is 0 Å². The van der Waals surface area contributed by atoms with E-state index in [1.807, 2.05) is 0 Å². The molecule has 1 aromatic heterocycles. The molecule has 4 nitrogen and oxygen atoms in total. The molecule has 22 heavy (non-hydrogen) atoms. The maximum Gasteiger partial charge on any atom is 0.277 e.